The van der Waals surface area contributed by atoms with Crippen molar-refractivity contribution in [3.05, 3.63) is 223 Å². The summed E-state index contributed by atoms with van der Waals surface area (Å²) >= 11 is 0. The summed E-state index contributed by atoms with van der Waals surface area (Å²) in [5.74, 6) is 2.88. The molecule has 3 nitrogen and oxygen atoms in total. The normalized spacial score (nSPS) is 12.9. The molecule has 0 fully saturated rings. The van der Waals surface area contributed by atoms with E-state index in [0.717, 1.165) is 61.9 Å². The number of para-hydroxylation sites is 1. The Balaban J connectivity index is 1.05. The average Bonchev–Trinajstić information content (AvgIpc) is 3.53. The van der Waals surface area contributed by atoms with Gasteiger partial charge in [0.25, 0.3) is 0 Å². The second-order valence-electron chi connectivity index (χ2n) is 16.1. The number of nitrogens with zero attached hydrogens (tertiary/aromatic N) is 1. The van der Waals surface area contributed by atoms with Crippen molar-refractivity contribution in [3.63, 3.8) is 0 Å². The van der Waals surface area contributed by atoms with Gasteiger partial charge in [0.1, 0.15) is 0 Å². The number of ether oxygens (including phenoxy) is 2. The first kappa shape index (κ1) is 35.5. The highest BCUT2D eigenvalue weighted by Crippen LogP contribution is 2.56. The third-order valence-corrected chi connectivity index (χ3v) is 12.1. The minimum absolute atomic E-state index is 0.155. The molecular weight excluding hydrogens is 731 g/mol. The zero-order chi connectivity index (χ0) is 40.2. The fourth-order valence-electron chi connectivity index (χ4n) is 9.11. The van der Waals surface area contributed by atoms with Crippen LogP contribution in [0.1, 0.15) is 25.0 Å². The largest absolute Gasteiger partial charge is 0.449 e. The monoisotopic (exact) mass is 771 g/mol. The lowest BCUT2D eigenvalue weighted by molar-refractivity contribution is 0.360. The molecule has 0 saturated heterocycles. The highest BCUT2D eigenvalue weighted by Gasteiger charge is 2.37. The summed E-state index contributed by atoms with van der Waals surface area (Å²) in [6.45, 7) is 4.58. The van der Waals surface area contributed by atoms with Crippen molar-refractivity contribution in [3.8, 4) is 78.6 Å². The first-order valence-electron chi connectivity index (χ1n) is 20.6. The maximum Gasteiger partial charge on any atom is 0.177 e. The molecule has 1 aliphatic heterocycles. The molecule has 286 valence electrons. The van der Waals surface area contributed by atoms with E-state index in [-0.39, 0.29) is 5.41 Å². The SMILES string of the molecule is CC1(C)c2ccccc2-c2cc3c(cc21)Oc1c(cccc1-c1cccc(N(c2cccc(-c4ccccc4)c2)c2ccc(-c4ccccc4)cc2-c2ccccc2)c1)O3. The van der Waals surface area contributed by atoms with Gasteiger partial charge in [-0.2, -0.15) is 0 Å². The number of hydrogen-bond acceptors (Lipinski definition) is 3. The number of anilines is 3. The molecule has 1 heterocycles. The van der Waals surface area contributed by atoms with Crippen molar-refractivity contribution in [1.29, 1.82) is 0 Å². The minimum Gasteiger partial charge on any atom is -0.449 e. The third kappa shape index (κ3) is 6.06. The first-order chi connectivity index (χ1) is 29.5. The molecule has 0 unspecified atom stereocenters. The summed E-state index contributed by atoms with van der Waals surface area (Å²) in [4.78, 5) is 2.39. The molecule has 1 aliphatic carbocycles. The highest BCUT2D eigenvalue weighted by atomic mass is 16.6. The van der Waals surface area contributed by atoms with Gasteiger partial charge in [-0.25, -0.2) is 0 Å². The van der Waals surface area contributed by atoms with Crippen LogP contribution in [0.25, 0.3) is 55.6 Å². The smallest absolute Gasteiger partial charge is 0.177 e. The van der Waals surface area contributed by atoms with Crippen molar-refractivity contribution in [2.75, 3.05) is 4.90 Å². The Hall–Kier alpha value is -7.62. The summed E-state index contributed by atoms with van der Waals surface area (Å²) in [6, 6.07) is 75.5. The summed E-state index contributed by atoms with van der Waals surface area (Å²) in [7, 11) is 0. The predicted molar refractivity (Wildman–Crippen MR) is 247 cm³/mol. The van der Waals surface area contributed by atoms with Gasteiger partial charge in [-0.3, -0.25) is 0 Å². The van der Waals surface area contributed by atoms with Crippen LogP contribution in [-0.4, -0.2) is 0 Å². The Labute approximate surface area is 351 Å². The van der Waals surface area contributed by atoms with Gasteiger partial charge in [0.2, 0.25) is 0 Å². The zero-order valence-electron chi connectivity index (χ0n) is 33.5. The van der Waals surface area contributed by atoms with Crippen LogP contribution >= 0.6 is 0 Å². The van der Waals surface area contributed by atoms with Crippen LogP contribution in [0.3, 0.4) is 0 Å². The molecule has 9 aromatic carbocycles. The second-order valence-corrected chi connectivity index (χ2v) is 16.1. The van der Waals surface area contributed by atoms with Gasteiger partial charge in [0.15, 0.2) is 23.0 Å². The van der Waals surface area contributed by atoms with Crippen LogP contribution in [0.4, 0.5) is 17.1 Å². The van der Waals surface area contributed by atoms with E-state index in [2.05, 4.69) is 225 Å². The molecule has 11 rings (SSSR count). The van der Waals surface area contributed by atoms with Gasteiger partial charge >= 0.3 is 0 Å². The van der Waals surface area contributed by atoms with E-state index in [9.17, 15) is 0 Å². The topological polar surface area (TPSA) is 21.7 Å². The molecule has 9 aromatic rings. The van der Waals surface area contributed by atoms with Gasteiger partial charge in [-0.15, -0.1) is 0 Å². The van der Waals surface area contributed by atoms with E-state index in [1.54, 1.807) is 0 Å². The van der Waals surface area contributed by atoms with Gasteiger partial charge in [-0.05, 0) is 110 Å². The Morgan fingerprint density at radius 2 is 0.883 bits per heavy atom. The van der Waals surface area contributed by atoms with Crippen LogP contribution < -0.4 is 14.4 Å². The molecule has 2 aliphatic rings. The van der Waals surface area contributed by atoms with Gasteiger partial charge < -0.3 is 14.4 Å². The quantitative estimate of drug-likeness (QED) is 0.161. The fourth-order valence-corrected chi connectivity index (χ4v) is 9.11. The highest BCUT2D eigenvalue weighted by molar-refractivity contribution is 5.93. The van der Waals surface area contributed by atoms with Gasteiger partial charge in [0, 0.05) is 27.9 Å². The molecule has 0 aromatic heterocycles. The molecule has 0 radical (unpaired) electrons. The lowest BCUT2D eigenvalue weighted by atomic mass is 9.82. The van der Waals surface area contributed by atoms with Gasteiger partial charge in [0.05, 0.1) is 5.69 Å². The van der Waals surface area contributed by atoms with E-state index in [0.29, 0.717) is 11.5 Å². The maximum absolute atomic E-state index is 6.91. The van der Waals surface area contributed by atoms with Crippen LogP contribution in [0.15, 0.2) is 212 Å². The Bertz CT molecular complexity index is 3060. The Morgan fingerprint density at radius 1 is 0.333 bits per heavy atom. The zero-order valence-corrected chi connectivity index (χ0v) is 33.5. The Morgan fingerprint density at radius 3 is 1.60 bits per heavy atom. The number of rotatable bonds is 7. The first-order valence-corrected chi connectivity index (χ1v) is 20.6. The van der Waals surface area contributed by atoms with Crippen molar-refractivity contribution in [1.82, 2.24) is 0 Å². The van der Waals surface area contributed by atoms with Crippen LogP contribution in [-0.2, 0) is 5.41 Å². The van der Waals surface area contributed by atoms with E-state index in [1.807, 2.05) is 6.07 Å². The summed E-state index contributed by atoms with van der Waals surface area (Å²) in [6.07, 6.45) is 0. The Kier molecular flexibility index (Phi) is 8.49. The van der Waals surface area contributed by atoms with E-state index >= 15 is 0 Å². The molecule has 0 amide bonds. The fraction of sp³-hybridized carbons (Fsp3) is 0.0526. The van der Waals surface area contributed by atoms with Gasteiger partial charge in [-0.1, -0.05) is 172 Å². The third-order valence-electron chi connectivity index (χ3n) is 12.1. The van der Waals surface area contributed by atoms with Crippen LogP contribution in [0.2, 0.25) is 0 Å². The van der Waals surface area contributed by atoms with Crippen molar-refractivity contribution < 1.29 is 9.47 Å². The average molecular weight is 772 g/mol. The lowest BCUT2D eigenvalue weighted by Crippen LogP contribution is -2.15. The van der Waals surface area contributed by atoms with E-state index in [4.69, 9.17) is 9.47 Å². The molecular formula is C57H41NO2. The molecule has 0 saturated carbocycles. The van der Waals surface area contributed by atoms with Crippen LogP contribution in [0.5, 0.6) is 23.0 Å². The van der Waals surface area contributed by atoms with Crippen molar-refractivity contribution in [2.24, 2.45) is 0 Å². The van der Waals surface area contributed by atoms with E-state index < -0.39 is 0 Å². The molecule has 3 heteroatoms. The standard InChI is InChI=1S/C57H41NO2/c1-57(2)50-29-13-12-27-47(50)49-36-54-55(37-51(49)57)60-56-46(28-16-30-53(56)59-54)43-24-15-26-45(34-43)58(44-25-14-23-41(33-44)38-17-6-3-7-18-38)52-32-31-42(39-19-8-4-9-20-39)35-48(52)40-21-10-5-11-22-40/h3-37H,1-2H3. The number of benzene rings is 9. The van der Waals surface area contributed by atoms with Crippen molar-refractivity contribution in [2.45, 2.75) is 19.3 Å². The molecule has 0 N–H and O–H groups in total. The molecule has 0 atom stereocenters. The summed E-state index contributed by atoms with van der Waals surface area (Å²) in [5, 5.41) is 0. The predicted octanol–water partition coefficient (Wildman–Crippen LogP) is 16.0. The molecule has 0 bridgehead atoms. The summed E-state index contributed by atoms with van der Waals surface area (Å²) in [5.41, 5.74) is 16.9. The lowest BCUT2D eigenvalue weighted by Gasteiger charge is -2.29. The molecule has 0 spiro atoms. The summed E-state index contributed by atoms with van der Waals surface area (Å²) < 4.78 is 13.6. The van der Waals surface area contributed by atoms with Crippen LogP contribution in [0, 0.1) is 0 Å². The van der Waals surface area contributed by atoms with E-state index in [1.165, 1.54) is 33.4 Å². The number of hydrogen-bond donors (Lipinski definition) is 0. The number of fused-ring (bicyclic) bond motifs is 5. The maximum atomic E-state index is 6.91. The van der Waals surface area contributed by atoms with Crippen molar-refractivity contribution >= 4 is 17.1 Å². The second kappa shape index (κ2) is 14.3. The molecule has 60 heavy (non-hydrogen) atoms. The minimum atomic E-state index is -0.155.